The molecule has 1 aromatic carbocycles. The maximum atomic E-state index is 12.2. The number of benzene rings is 1. The zero-order valence-electron chi connectivity index (χ0n) is 15.4. The Morgan fingerprint density at radius 3 is 2.85 bits per heavy atom. The maximum Gasteiger partial charge on any atom is 0.220 e. The van der Waals surface area contributed by atoms with Gasteiger partial charge in [-0.15, -0.1) is 12.3 Å². The van der Waals surface area contributed by atoms with E-state index in [4.69, 9.17) is 6.42 Å². The van der Waals surface area contributed by atoms with Gasteiger partial charge in [-0.05, 0) is 30.9 Å². The first-order chi connectivity index (χ1) is 12.7. The van der Waals surface area contributed by atoms with Crippen LogP contribution in [0.5, 0.6) is 0 Å². The molecule has 2 aliphatic heterocycles. The minimum Gasteiger partial charge on any atom is -0.356 e. The van der Waals surface area contributed by atoms with Crippen molar-refractivity contribution in [3.63, 3.8) is 0 Å². The average molecular weight is 352 g/mol. The van der Waals surface area contributed by atoms with Crippen LogP contribution in [0.25, 0.3) is 0 Å². The Bertz CT molecular complexity index is 658. The van der Waals surface area contributed by atoms with Crippen LogP contribution < -0.4 is 5.32 Å². The molecule has 0 saturated carbocycles. The van der Waals surface area contributed by atoms with Crippen molar-refractivity contribution in [2.24, 2.45) is 16.1 Å². The summed E-state index contributed by atoms with van der Waals surface area (Å²) in [6.07, 6.45) is 10.2. The Kier molecular flexibility index (Phi) is 6.40. The second kappa shape index (κ2) is 8.95. The molecule has 0 radical (unpaired) electrons. The van der Waals surface area contributed by atoms with Gasteiger partial charge >= 0.3 is 0 Å². The predicted octanol–water partition coefficient (Wildman–Crippen LogP) is 3.37. The smallest absolute Gasteiger partial charge is 0.220 e. The van der Waals surface area contributed by atoms with Gasteiger partial charge in [-0.1, -0.05) is 30.3 Å². The molecule has 1 saturated heterocycles. The third kappa shape index (κ3) is 5.67. The third-order valence-electron chi connectivity index (χ3n) is 5.25. The minimum atomic E-state index is -0.360. The molecule has 0 bridgehead atoms. The van der Waals surface area contributed by atoms with E-state index in [9.17, 15) is 4.79 Å². The lowest BCUT2D eigenvalue weighted by atomic mass is 9.97. The molecular formula is C21H28N4O. The molecule has 1 unspecified atom stereocenters. The van der Waals surface area contributed by atoms with E-state index in [-0.39, 0.29) is 11.6 Å². The minimum absolute atomic E-state index is 0.0996. The van der Waals surface area contributed by atoms with Gasteiger partial charge in [0.15, 0.2) is 5.66 Å². The Hall–Kier alpha value is -2.19. The predicted molar refractivity (Wildman–Crippen MR) is 102 cm³/mol. The van der Waals surface area contributed by atoms with Crippen molar-refractivity contribution in [1.29, 1.82) is 0 Å². The van der Waals surface area contributed by atoms with Crippen LogP contribution in [0.1, 0.15) is 44.1 Å². The van der Waals surface area contributed by atoms with E-state index in [0.29, 0.717) is 25.2 Å². The van der Waals surface area contributed by atoms with Crippen molar-refractivity contribution in [3.8, 4) is 12.3 Å². The van der Waals surface area contributed by atoms with Crippen molar-refractivity contribution >= 4 is 5.91 Å². The van der Waals surface area contributed by atoms with Crippen LogP contribution in [-0.2, 0) is 11.3 Å². The van der Waals surface area contributed by atoms with Crippen molar-refractivity contribution in [2.45, 2.75) is 50.7 Å². The zero-order valence-corrected chi connectivity index (χ0v) is 15.4. The summed E-state index contributed by atoms with van der Waals surface area (Å²) in [6, 6.07) is 10.6. The van der Waals surface area contributed by atoms with Crippen LogP contribution in [0.2, 0.25) is 0 Å². The molecular weight excluding hydrogens is 324 g/mol. The Morgan fingerprint density at radius 2 is 2.12 bits per heavy atom. The van der Waals surface area contributed by atoms with E-state index in [1.54, 1.807) is 0 Å². The standard InChI is InChI=1S/C21H28N4O/c1-2-3-12-21(23-24-21)13-11-20(26)22-15-19-10-7-14-25(17-19)16-18-8-5-4-6-9-18/h1,4-6,8-9,19H,3,7,10-17H2,(H,22,26). The summed E-state index contributed by atoms with van der Waals surface area (Å²) in [5.41, 5.74) is 0.993. The van der Waals surface area contributed by atoms with Crippen LogP contribution in [0.3, 0.4) is 0 Å². The summed E-state index contributed by atoms with van der Waals surface area (Å²) in [6.45, 7) is 3.94. The first-order valence-corrected chi connectivity index (χ1v) is 9.60. The molecule has 1 amide bonds. The third-order valence-corrected chi connectivity index (χ3v) is 5.25. The van der Waals surface area contributed by atoms with Gasteiger partial charge in [0.25, 0.3) is 0 Å². The van der Waals surface area contributed by atoms with Gasteiger partial charge < -0.3 is 5.32 Å². The molecule has 0 spiro atoms. The van der Waals surface area contributed by atoms with Crippen LogP contribution in [-0.4, -0.2) is 36.1 Å². The van der Waals surface area contributed by atoms with E-state index < -0.39 is 0 Å². The highest BCUT2D eigenvalue weighted by molar-refractivity contribution is 5.76. The second-order valence-corrected chi connectivity index (χ2v) is 7.42. The van der Waals surface area contributed by atoms with Crippen molar-refractivity contribution < 1.29 is 4.79 Å². The number of carbonyl (C=O) groups is 1. The summed E-state index contributed by atoms with van der Waals surface area (Å²) in [5, 5.41) is 11.3. The first-order valence-electron chi connectivity index (χ1n) is 9.60. The van der Waals surface area contributed by atoms with E-state index >= 15 is 0 Å². The number of terminal acetylenes is 1. The number of rotatable bonds is 9. The number of hydrogen-bond acceptors (Lipinski definition) is 4. The average Bonchev–Trinajstić information content (AvgIpc) is 3.45. The molecule has 1 N–H and O–H groups in total. The molecule has 3 rings (SSSR count). The number of nitrogens with one attached hydrogen (secondary N) is 1. The van der Waals surface area contributed by atoms with E-state index in [1.807, 2.05) is 0 Å². The van der Waals surface area contributed by atoms with Gasteiger partial charge in [0.2, 0.25) is 5.91 Å². The topological polar surface area (TPSA) is 57.1 Å². The first kappa shape index (κ1) is 18.6. The van der Waals surface area contributed by atoms with E-state index in [2.05, 4.69) is 56.7 Å². The quantitative estimate of drug-likeness (QED) is 0.693. The number of carbonyl (C=O) groups excluding carboxylic acids is 1. The molecule has 5 heteroatoms. The summed E-state index contributed by atoms with van der Waals surface area (Å²) in [4.78, 5) is 14.7. The molecule has 1 fully saturated rings. The highest BCUT2D eigenvalue weighted by Crippen LogP contribution is 2.37. The van der Waals surface area contributed by atoms with Crippen LogP contribution in [0, 0.1) is 18.3 Å². The largest absolute Gasteiger partial charge is 0.356 e. The zero-order chi connectivity index (χ0) is 18.2. The number of piperidine rings is 1. The fourth-order valence-electron chi connectivity index (χ4n) is 3.63. The van der Waals surface area contributed by atoms with Gasteiger partial charge in [0.05, 0.1) is 0 Å². The molecule has 26 heavy (non-hydrogen) atoms. The summed E-state index contributed by atoms with van der Waals surface area (Å²) >= 11 is 0. The highest BCUT2D eigenvalue weighted by Gasteiger charge is 2.39. The Labute approximate surface area is 156 Å². The van der Waals surface area contributed by atoms with E-state index in [1.165, 1.54) is 18.4 Å². The second-order valence-electron chi connectivity index (χ2n) is 7.42. The monoisotopic (exact) mass is 352 g/mol. The van der Waals surface area contributed by atoms with Crippen molar-refractivity contribution in [2.75, 3.05) is 19.6 Å². The lowest BCUT2D eigenvalue weighted by Gasteiger charge is -2.32. The van der Waals surface area contributed by atoms with Gasteiger partial charge in [0, 0.05) is 45.3 Å². The molecule has 138 valence electrons. The summed E-state index contributed by atoms with van der Waals surface area (Å²) in [7, 11) is 0. The highest BCUT2D eigenvalue weighted by atomic mass is 16.1. The molecule has 2 heterocycles. The number of likely N-dealkylation sites (tertiary alicyclic amines) is 1. The lowest BCUT2D eigenvalue weighted by molar-refractivity contribution is -0.121. The normalized spacial score (nSPS) is 21.1. The van der Waals surface area contributed by atoms with Crippen molar-refractivity contribution in [1.82, 2.24) is 10.2 Å². The molecule has 0 aromatic heterocycles. The summed E-state index contributed by atoms with van der Waals surface area (Å²) < 4.78 is 0. The Morgan fingerprint density at radius 1 is 1.31 bits per heavy atom. The van der Waals surface area contributed by atoms with Gasteiger partial charge in [-0.2, -0.15) is 10.2 Å². The maximum absolute atomic E-state index is 12.2. The van der Waals surface area contributed by atoms with Gasteiger partial charge in [-0.3, -0.25) is 9.69 Å². The van der Waals surface area contributed by atoms with Crippen molar-refractivity contribution in [3.05, 3.63) is 35.9 Å². The molecule has 1 aromatic rings. The Balaban J connectivity index is 1.35. The fraction of sp³-hybridized carbons (Fsp3) is 0.571. The molecule has 2 aliphatic rings. The van der Waals surface area contributed by atoms with Gasteiger partial charge in [0.1, 0.15) is 0 Å². The number of amides is 1. The van der Waals surface area contributed by atoms with E-state index in [0.717, 1.165) is 32.6 Å². The lowest BCUT2D eigenvalue weighted by Crippen LogP contribution is -2.40. The molecule has 1 atom stereocenters. The number of hydrogen-bond donors (Lipinski definition) is 1. The van der Waals surface area contributed by atoms with Crippen LogP contribution >= 0.6 is 0 Å². The SMILES string of the molecule is C#CCCC1(CCC(=O)NCC2CCCN(Cc3ccccc3)C2)N=N1. The molecule has 0 aliphatic carbocycles. The summed E-state index contributed by atoms with van der Waals surface area (Å²) in [5.74, 6) is 3.25. The van der Waals surface area contributed by atoms with Gasteiger partial charge in [-0.25, -0.2) is 0 Å². The number of nitrogens with zero attached hydrogens (tertiary/aromatic N) is 3. The van der Waals surface area contributed by atoms with Crippen LogP contribution in [0.15, 0.2) is 40.6 Å². The van der Waals surface area contributed by atoms with Crippen LogP contribution in [0.4, 0.5) is 0 Å². The fourth-order valence-corrected chi connectivity index (χ4v) is 3.63. The molecule has 5 nitrogen and oxygen atoms in total.